The van der Waals surface area contributed by atoms with Gasteiger partial charge in [-0.2, -0.15) is 0 Å². The zero-order valence-electron chi connectivity index (χ0n) is 22.6. The first kappa shape index (κ1) is 30.4. The number of likely N-dealkylation sites (tertiary alicyclic amines) is 2. The lowest BCUT2D eigenvalue weighted by atomic mass is 10.1. The van der Waals surface area contributed by atoms with Crippen LogP contribution in [0.5, 0.6) is 0 Å². The van der Waals surface area contributed by atoms with Gasteiger partial charge in [-0.05, 0) is 45.6 Å². The largest absolute Gasteiger partial charge is 0.480 e. The molecule has 3 atom stereocenters. The molecule has 2 aliphatic rings. The zero-order valence-corrected chi connectivity index (χ0v) is 23.4. The van der Waals surface area contributed by atoms with E-state index in [9.17, 15) is 32.7 Å². The average molecular weight is 567 g/mol. The van der Waals surface area contributed by atoms with Crippen LogP contribution < -0.4 is 10.0 Å². The number of carbonyl (C=O) groups is 4. The van der Waals surface area contributed by atoms with Crippen molar-refractivity contribution in [1.82, 2.24) is 19.8 Å². The van der Waals surface area contributed by atoms with Crippen LogP contribution in [0.1, 0.15) is 58.4 Å². The van der Waals surface area contributed by atoms with Gasteiger partial charge in [-0.1, -0.05) is 30.3 Å². The molecule has 3 N–H and O–H groups in total. The second-order valence-corrected chi connectivity index (χ2v) is 12.7. The quantitative estimate of drug-likeness (QED) is 0.405. The van der Waals surface area contributed by atoms with Crippen LogP contribution in [0.15, 0.2) is 30.3 Å². The Morgan fingerprint density at radius 1 is 1.08 bits per heavy atom. The highest BCUT2D eigenvalue weighted by atomic mass is 32.2. The fraction of sp³-hybridized carbons (Fsp3) is 0.615. The number of hydrogen-bond acceptors (Lipinski definition) is 7. The second kappa shape index (κ2) is 12.8. The average Bonchev–Trinajstić information content (AvgIpc) is 3.26. The molecule has 39 heavy (non-hydrogen) atoms. The van der Waals surface area contributed by atoms with Gasteiger partial charge in [0.25, 0.3) is 0 Å². The van der Waals surface area contributed by atoms with E-state index in [1.165, 1.54) is 0 Å². The molecule has 3 unspecified atom stereocenters. The molecule has 2 heterocycles. The Bertz CT molecular complexity index is 1150. The van der Waals surface area contributed by atoms with Crippen molar-refractivity contribution in [3.8, 4) is 0 Å². The maximum absolute atomic E-state index is 13.7. The lowest BCUT2D eigenvalue weighted by Crippen LogP contribution is -2.54. The Kier molecular flexibility index (Phi) is 9.94. The smallest absolute Gasteiger partial charge is 0.407 e. The van der Waals surface area contributed by atoms with E-state index in [1.54, 1.807) is 56.0 Å². The minimum Gasteiger partial charge on any atom is -0.480 e. The molecule has 3 rings (SSSR count). The zero-order chi connectivity index (χ0) is 28.8. The number of nitrogens with one attached hydrogen (secondary N) is 2. The van der Waals surface area contributed by atoms with Gasteiger partial charge in [0.1, 0.15) is 17.7 Å². The fourth-order valence-electron chi connectivity index (χ4n) is 4.77. The SMILES string of the molecule is CC(C)(C)OC(=O)NC1CC(C(=O)O)N(C(=O)C(CC(=O)N2CCCCC2)NS(=O)(=O)Cc2ccccc2)C1. The van der Waals surface area contributed by atoms with Crippen molar-refractivity contribution < 1.29 is 37.4 Å². The van der Waals surface area contributed by atoms with Crippen LogP contribution in [-0.4, -0.2) is 90.6 Å². The van der Waals surface area contributed by atoms with E-state index >= 15 is 0 Å². The number of piperidine rings is 1. The number of amides is 3. The van der Waals surface area contributed by atoms with Crippen LogP contribution >= 0.6 is 0 Å². The van der Waals surface area contributed by atoms with E-state index in [1.807, 2.05) is 0 Å². The third kappa shape index (κ3) is 9.20. The number of carboxylic acid groups (broad SMARTS) is 1. The highest BCUT2D eigenvalue weighted by Gasteiger charge is 2.44. The Morgan fingerprint density at radius 2 is 1.72 bits per heavy atom. The van der Waals surface area contributed by atoms with Gasteiger partial charge in [-0.25, -0.2) is 22.7 Å². The molecule has 0 aliphatic carbocycles. The number of sulfonamides is 1. The summed E-state index contributed by atoms with van der Waals surface area (Å²) in [6.45, 7) is 5.90. The fourth-order valence-corrected chi connectivity index (χ4v) is 6.10. The second-order valence-electron chi connectivity index (χ2n) is 11.0. The van der Waals surface area contributed by atoms with Gasteiger partial charge in [0.05, 0.1) is 18.2 Å². The number of benzene rings is 1. The molecule has 216 valence electrons. The Balaban J connectivity index is 1.80. The number of ether oxygens (including phenoxy) is 1. The van der Waals surface area contributed by atoms with Crippen molar-refractivity contribution in [3.63, 3.8) is 0 Å². The topological polar surface area (TPSA) is 162 Å². The van der Waals surface area contributed by atoms with Crippen molar-refractivity contribution in [3.05, 3.63) is 35.9 Å². The molecule has 1 aromatic rings. The number of alkyl carbamates (subject to hydrolysis) is 1. The van der Waals surface area contributed by atoms with E-state index in [0.29, 0.717) is 18.7 Å². The Labute approximate surface area is 229 Å². The van der Waals surface area contributed by atoms with Crippen molar-refractivity contribution in [2.75, 3.05) is 19.6 Å². The predicted octanol–water partition coefficient (Wildman–Crippen LogP) is 1.46. The molecule has 2 saturated heterocycles. The molecular weight excluding hydrogens is 528 g/mol. The van der Waals surface area contributed by atoms with Crippen LogP contribution in [0.25, 0.3) is 0 Å². The number of aliphatic carboxylic acids is 1. The van der Waals surface area contributed by atoms with Crippen LogP contribution in [-0.2, 0) is 34.9 Å². The lowest BCUT2D eigenvalue weighted by Gasteiger charge is -2.30. The molecule has 0 radical (unpaired) electrons. The minimum atomic E-state index is -4.08. The van der Waals surface area contributed by atoms with E-state index in [4.69, 9.17) is 4.74 Å². The van der Waals surface area contributed by atoms with Crippen molar-refractivity contribution in [1.29, 1.82) is 0 Å². The molecule has 0 spiro atoms. The molecule has 0 bridgehead atoms. The maximum Gasteiger partial charge on any atom is 0.407 e. The van der Waals surface area contributed by atoms with Gasteiger partial charge in [0.2, 0.25) is 21.8 Å². The Hall–Kier alpha value is -3.19. The number of rotatable bonds is 9. The van der Waals surface area contributed by atoms with Gasteiger partial charge in [0, 0.05) is 26.1 Å². The normalized spacial score (nSPS) is 20.8. The van der Waals surface area contributed by atoms with Crippen LogP contribution in [0.4, 0.5) is 4.79 Å². The summed E-state index contributed by atoms with van der Waals surface area (Å²) in [6, 6.07) is 4.82. The molecule has 3 amide bonds. The first-order valence-corrected chi connectivity index (χ1v) is 14.7. The molecule has 0 saturated carbocycles. The molecule has 12 nitrogen and oxygen atoms in total. The molecule has 2 fully saturated rings. The van der Waals surface area contributed by atoms with Gasteiger partial charge < -0.3 is 25.0 Å². The summed E-state index contributed by atoms with van der Waals surface area (Å²) in [5, 5.41) is 12.4. The van der Waals surface area contributed by atoms with Crippen LogP contribution in [0.3, 0.4) is 0 Å². The number of carboxylic acids is 1. The first-order valence-electron chi connectivity index (χ1n) is 13.1. The third-order valence-electron chi connectivity index (χ3n) is 6.50. The summed E-state index contributed by atoms with van der Waals surface area (Å²) in [5.74, 6) is -2.94. The maximum atomic E-state index is 13.7. The number of nitrogens with zero attached hydrogens (tertiary/aromatic N) is 2. The first-order chi connectivity index (χ1) is 18.2. The van der Waals surface area contributed by atoms with Gasteiger partial charge in [-0.15, -0.1) is 0 Å². The van der Waals surface area contributed by atoms with Crippen LogP contribution in [0.2, 0.25) is 0 Å². The minimum absolute atomic E-state index is 0.0934. The monoisotopic (exact) mass is 566 g/mol. The number of hydrogen-bond donors (Lipinski definition) is 3. The summed E-state index contributed by atoms with van der Waals surface area (Å²) in [5.41, 5.74) is -0.286. The molecule has 13 heteroatoms. The van der Waals surface area contributed by atoms with E-state index < -0.39 is 63.9 Å². The van der Waals surface area contributed by atoms with Crippen molar-refractivity contribution >= 4 is 33.9 Å². The molecule has 0 aromatic heterocycles. The van der Waals surface area contributed by atoms with Gasteiger partial charge in [-0.3, -0.25) is 9.59 Å². The highest BCUT2D eigenvalue weighted by Crippen LogP contribution is 2.22. The standard InChI is InChI=1S/C26H38N4O8S/c1-26(2,3)38-25(35)27-19-14-21(24(33)34)30(16-19)23(32)20(15-22(31)29-12-8-5-9-13-29)28-39(36,37)17-18-10-6-4-7-11-18/h4,6-7,10-11,19-21,28H,5,8-9,12-17H2,1-3H3,(H,27,35)(H,33,34). The molecule has 1 aromatic carbocycles. The summed E-state index contributed by atoms with van der Waals surface area (Å²) < 4.78 is 33.7. The van der Waals surface area contributed by atoms with Gasteiger partial charge >= 0.3 is 12.1 Å². The van der Waals surface area contributed by atoms with Crippen molar-refractivity contribution in [2.45, 2.75) is 82.4 Å². The van der Waals surface area contributed by atoms with E-state index in [2.05, 4.69) is 10.0 Å². The van der Waals surface area contributed by atoms with E-state index in [0.717, 1.165) is 24.2 Å². The van der Waals surface area contributed by atoms with Crippen LogP contribution in [0, 0.1) is 0 Å². The predicted molar refractivity (Wildman–Crippen MR) is 142 cm³/mol. The molecular formula is C26H38N4O8S. The number of carbonyl (C=O) groups excluding carboxylic acids is 3. The summed E-state index contributed by atoms with van der Waals surface area (Å²) >= 11 is 0. The summed E-state index contributed by atoms with van der Waals surface area (Å²) in [7, 11) is -4.08. The lowest BCUT2D eigenvalue weighted by molar-refractivity contribution is -0.149. The van der Waals surface area contributed by atoms with Crippen molar-refractivity contribution in [2.24, 2.45) is 0 Å². The summed E-state index contributed by atoms with van der Waals surface area (Å²) in [4.78, 5) is 53.7. The highest BCUT2D eigenvalue weighted by molar-refractivity contribution is 7.88. The molecule has 2 aliphatic heterocycles. The third-order valence-corrected chi connectivity index (χ3v) is 7.85. The van der Waals surface area contributed by atoms with Gasteiger partial charge in [0.15, 0.2) is 0 Å². The summed E-state index contributed by atoms with van der Waals surface area (Å²) in [6.07, 6.45) is 1.32. The Morgan fingerprint density at radius 3 is 2.31 bits per heavy atom. The van der Waals surface area contributed by atoms with E-state index in [-0.39, 0.29) is 18.9 Å².